The van der Waals surface area contributed by atoms with Crippen LogP contribution in [0, 0.1) is 5.82 Å². The van der Waals surface area contributed by atoms with Crippen LogP contribution in [0.2, 0.25) is 0 Å². The number of piperazine rings is 1. The molecule has 6 nitrogen and oxygen atoms in total. The maximum Gasteiger partial charge on any atom is 0.232 e. The lowest BCUT2D eigenvalue weighted by molar-refractivity contribution is -0.133. The molecule has 1 aromatic carbocycles. The number of hydrogen-bond donors (Lipinski definition) is 0. The maximum absolute atomic E-state index is 13.1. The average Bonchev–Trinajstić information content (AvgIpc) is 3.50. The van der Waals surface area contributed by atoms with Crippen molar-refractivity contribution in [3.05, 3.63) is 53.7 Å². The highest BCUT2D eigenvalue weighted by atomic mass is 19.1. The molecule has 152 valence electrons. The average molecular weight is 396 g/mol. The molecule has 7 heteroatoms. The van der Waals surface area contributed by atoms with Crippen molar-refractivity contribution < 1.29 is 13.9 Å². The molecule has 0 unspecified atom stereocenters. The van der Waals surface area contributed by atoms with Crippen molar-refractivity contribution in [3.8, 4) is 5.88 Å². The summed E-state index contributed by atoms with van der Waals surface area (Å²) in [5, 5.41) is 0. The van der Waals surface area contributed by atoms with Gasteiger partial charge in [0.2, 0.25) is 11.8 Å². The molecule has 1 aromatic heterocycles. The standard InChI is InChI=1S/C22H25FN4O2/c23-17-5-1-15(2-6-17)9-22(28)27-8-7-26-14-19(10-18(26)13-27)29-21-12-24-20(11-25-21)16-3-4-16/h1-2,5-6,11-12,16,18-19H,3-4,7-10,13-14H2/t18-,19+/m0/s1. The summed E-state index contributed by atoms with van der Waals surface area (Å²) in [6.07, 6.45) is 7.28. The van der Waals surface area contributed by atoms with Crippen molar-refractivity contribution in [2.24, 2.45) is 0 Å². The monoisotopic (exact) mass is 396 g/mol. The molecule has 0 bridgehead atoms. The first-order valence-electron chi connectivity index (χ1n) is 10.4. The summed E-state index contributed by atoms with van der Waals surface area (Å²) in [4.78, 5) is 25.9. The molecule has 3 heterocycles. The zero-order valence-corrected chi connectivity index (χ0v) is 16.3. The molecule has 0 radical (unpaired) electrons. The molecule has 1 aliphatic carbocycles. The van der Waals surface area contributed by atoms with Gasteiger partial charge in [0.05, 0.1) is 24.5 Å². The Morgan fingerprint density at radius 3 is 2.66 bits per heavy atom. The summed E-state index contributed by atoms with van der Waals surface area (Å²) < 4.78 is 19.1. The van der Waals surface area contributed by atoms with Gasteiger partial charge in [0.25, 0.3) is 0 Å². The topological polar surface area (TPSA) is 58.6 Å². The Morgan fingerprint density at radius 2 is 1.93 bits per heavy atom. The van der Waals surface area contributed by atoms with Gasteiger partial charge in [-0.15, -0.1) is 0 Å². The summed E-state index contributed by atoms with van der Waals surface area (Å²) in [5.74, 6) is 1.000. The van der Waals surface area contributed by atoms with E-state index in [2.05, 4.69) is 14.9 Å². The third-order valence-electron chi connectivity index (χ3n) is 6.13. The Labute approximate surface area is 169 Å². The highest BCUT2D eigenvalue weighted by Crippen LogP contribution is 2.38. The van der Waals surface area contributed by atoms with Crippen LogP contribution < -0.4 is 4.74 Å². The van der Waals surface area contributed by atoms with E-state index in [-0.39, 0.29) is 17.8 Å². The Kier molecular flexibility index (Phi) is 4.91. The summed E-state index contributed by atoms with van der Waals surface area (Å²) in [7, 11) is 0. The lowest BCUT2D eigenvalue weighted by Crippen LogP contribution is -2.52. The van der Waals surface area contributed by atoms with Crippen LogP contribution in [0.25, 0.3) is 0 Å². The molecule has 2 saturated heterocycles. The lowest BCUT2D eigenvalue weighted by Gasteiger charge is -2.37. The van der Waals surface area contributed by atoms with Crippen LogP contribution in [0.5, 0.6) is 5.88 Å². The number of fused-ring (bicyclic) bond motifs is 1. The van der Waals surface area contributed by atoms with Gasteiger partial charge in [-0.25, -0.2) is 9.37 Å². The molecule has 29 heavy (non-hydrogen) atoms. The number of hydrogen-bond acceptors (Lipinski definition) is 5. The van der Waals surface area contributed by atoms with Gasteiger partial charge in [0.1, 0.15) is 11.9 Å². The van der Waals surface area contributed by atoms with E-state index in [0.717, 1.165) is 37.3 Å². The zero-order valence-electron chi connectivity index (χ0n) is 16.3. The molecule has 3 fully saturated rings. The Balaban J connectivity index is 1.15. The van der Waals surface area contributed by atoms with E-state index >= 15 is 0 Å². The van der Waals surface area contributed by atoms with Crippen LogP contribution in [0.4, 0.5) is 4.39 Å². The van der Waals surface area contributed by atoms with Gasteiger partial charge in [-0.3, -0.25) is 14.7 Å². The fourth-order valence-electron chi connectivity index (χ4n) is 4.34. The molecular weight excluding hydrogens is 371 g/mol. The van der Waals surface area contributed by atoms with Crippen LogP contribution in [0.15, 0.2) is 36.7 Å². The second-order valence-corrected chi connectivity index (χ2v) is 8.32. The van der Waals surface area contributed by atoms with Crippen molar-refractivity contribution in [2.45, 2.75) is 43.7 Å². The predicted octanol–water partition coefficient (Wildman–Crippen LogP) is 2.40. The summed E-state index contributed by atoms with van der Waals surface area (Å²) >= 11 is 0. The Bertz CT molecular complexity index is 869. The second-order valence-electron chi connectivity index (χ2n) is 8.32. The molecule has 2 atom stereocenters. The van der Waals surface area contributed by atoms with Gasteiger partial charge >= 0.3 is 0 Å². The molecular formula is C22H25FN4O2. The Hall–Kier alpha value is -2.54. The number of carbonyl (C=O) groups excluding carboxylic acids is 1. The molecule has 1 amide bonds. The van der Waals surface area contributed by atoms with Gasteiger partial charge in [-0.1, -0.05) is 12.1 Å². The molecule has 2 aromatic rings. The van der Waals surface area contributed by atoms with E-state index in [1.807, 2.05) is 11.1 Å². The van der Waals surface area contributed by atoms with Crippen LogP contribution in [0.3, 0.4) is 0 Å². The molecule has 2 aliphatic heterocycles. The number of benzene rings is 1. The number of carbonyl (C=O) groups is 1. The minimum Gasteiger partial charge on any atom is -0.472 e. The highest BCUT2D eigenvalue weighted by molar-refractivity contribution is 5.79. The number of aromatic nitrogens is 2. The first-order valence-corrected chi connectivity index (χ1v) is 10.4. The van der Waals surface area contributed by atoms with Crippen LogP contribution >= 0.6 is 0 Å². The van der Waals surface area contributed by atoms with Crippen LogP contribution in [-0.4, -0.2) is 64.0 Å². The van der Waals surface area contributed by atoms with Crippen molar-refractivity contribution in [1.29, 1.82) is 0 Å². The largest absolute Gasteiger partial charge is 0.472 e. The van der Waals surface area contributed by atoms with Crippen molar-refractivity contribution in [3.63, 3.8) is 0 Å². The van der Waals surface area contributed by atoms with Gasteiger partial charge in [-0.05, 0) is 30.5 Å². The first kappa shape index (κ1) is 18.5. The third kappa shape index (κ3) is 4.24. The first-order chi connectivity index (χ1) is 14.1. The quantitative estimate of drug-likeness (QED) is 0.777. The minimum absolute atomic E-state index is 0.0771. The highest BCUT2D eigenvalue weighted by Gasteiger charge is 2.38. The van der Waals surface area contributed by atoms with Crippen molar-refractivity contribution in [1.82, 2.24) is 19.8 Å². The molecule has 0 spiro atoms. The molecule has 0 N–H and O–H groups in total. The van der Waals surface area contributed by atoms with E-state index in [1.165, 1.54) is 25.0 Å². The molecule has 3 aliphatic rings. The van der Waals surface area contributed by atoms with Crippen molar-refractivity contribution in [2.75, 3.05) is 26.2 Å². The summed E-state index contributed by atoms with van der Waals surface area (Å²) in [6, 6.07) is 6.47. The number of ether oxygens (including phenoxy) is 1. The van der Waals surface area contributed by atoms with E-state index < -0.39 is 0 Å². The number of amides is 1. The zero-order chi connectivity index (χ0) is 19.8. The third-order valence-corrected chi connectivity index (χ3v) is 6.13. The number of nitrogens with zero attached hydrogens (tertiary/aromatic N) is 4. The summed E-state index contributed by atoms with van der Waals surface area (Å²) in [6.45, 7) is 3.15. The molecule has 5 rings (SSSR count). The SMILES string of the molecule is O=C(Cc1ccc(F)cc1)N1CCN2C[C@H](Oc3cnc(C4CC4)cn3)C[C@H]2C1. The van der Waals surface area contributed by atoms with Crippen LogP contribution in [-0.2, 0) is 11.2 Å². The smallest absolute Gasteiger partial charge is 0.232 e. The van der Waals surface area contributed by atoms with Gasteiger partial charge in [0, 0.05) is 44.6 Å². The fourth-order valence-corrected chi connectivity index (χ4v) is 4.34. The van der Waals surface area contributed by atoms with Gasteiger partial charge in [0.15, 0.2) is 0 Å². The van der Waals surface area contributed by atoms with E-state index in [4.69, 9.17) is 4.74 Å². The molecule has 1 saturated carbocycles. The van der Waals surface area contributed by atoms with E-state index in [1.54, 1.807) is 18.3 Å². The number of halogens is 1. The van der Waals surface area contributed by atoms with E-state index in [0.29, 0.717) is 30.8 Å². The second kappa shape index (κ2) is 7.71. The number of rotatable bonds is 5. The van der Waals surface area contributed by atoms with Gasteiger partial charge in [-0.2, -0.15) is 0 Å². The fraction of sp³-hybridized carbons (Fsp3) is 0.500. The Morgan fingerprint density at radius 1 is 1.10 bits per heavy atom. The van der Waals surface area contributed by atoms with E-state index in [9.17, 15) is 9.18 Å². The van der Waals surface area contributed by atoms with Crippen molar-refractivity contribution >= 4 is 5.91 Å². The van der Waals surface area contributed by atoms with Gasteiger partial charge < -0.3 is 9.64 Å². The summed E-state index contributed by atoms with van der Waals surface area (Å²) in [5.41, 5.74) is 1.91. The lowest BCUT2D eigenvalue weighted by atomic mass is 10.1. The van der Waals surface area contributed by atoms with Crippen LogP contribution in [0.1, 0.15) is 36.4 Å². The maximum atomic E-state index is 13.1. The predicted molar refractivity (Wildman–Crippen MR) is 105 cm³/mol. The minimum atomic E-state index is -0.279. The normalized spacial score (nSPS) is 24.4.